The summed E-state index contributed by atoms with van der Waals surface area (Å²) in [6.07, 6.45) is 8.92. The van der Waals surface area contributed by atoms with Crippen LogP contribution in [0.3, 0.4) is 0 Å². The second-order valence-electron chi connectivity index (χ2n) is 14.9. The molecular weight excluding hydrogens is 671 g/mol. The number of nitrogens with one attached hydrogen (secondary N) is 1. The lowest BCUT2D eigenvalue weighted by Crippen LogP contribution is -2.28. The zero-order valence-corrected chi connectivity index (χ0v) is 29.9. The molecule has 0 radical (unpaired) electrons. The molecule has 4 heteroatoms. The molecule has 0 spiro atoms. The summed E-state index contributed by atoms with van der Waals surface area (Å²) in [4.78, 5) is 2.53. The Morgan fingerprint density at radius 3 is 2.18 bits per heavy atom. The lowest BCUT2D eigenvalue weighted by Gasteiger charge is -2.29. The van der Waals surface area contributed by atoms with Gasteiger partial charge in [-0.15, -0.1) is 0 Å². The maximum absolute atomic E-state index is 6.64. The Balaban J connectivity index is 0.946. The topological polar surface area (TPSA) is 29.4 Å². The van der Waals surface area contributed by atoms with Gasteiger partial charge in [0.15, 0.2) is 12.0 Å². The average molecular weight is 706 g/mol. The van der Waals surface area contributed by atoms with E-state index in [9.17, 15) is 0 Å². The van der Waals surface area contributed by atoms with Crippen molar-refractivity contribution < 1.29 is 4.74 Å². The number of nitrogens with zero attached hydrogens (tertiary/aromatic N) is 2. The fourth-order valence-electron chi connectivity index (χ4n) is 9.39. The van der Waals surface area contributed by atoms with Crippen LogP contribution in [0.2, 0.25) is 0 Å². The molecule has 3 aliphatic rings. The standard InChI is InChI=1S/C51H35N3O/c1-3-11-33(12-4-1)51-52-44-26-21-32-19-20-36-29-38(24-25-39(36)49(32)50(44)55-51)54-46-18-10-8-16-41(46)43-31-35(23-28-48(43)54)34-22-27-47-42(30-34)40-15-7-9-17-45(40)53(47)37-13-5-2-6-14-37/h1-31,41,46,51-52H. The molecular formula is C51H35N3O. The summed E-state index contributed by atoms with van der Waals surface area (Å²) < 4.78 is 9.01. The van der Waals surface area contributed by atoms with Gasteiger partial charge in [-0.1, -0.05) is 127 Å². The van der Waals surface area contributed by atoms with E-state index in [1.807, 2.05) is 6.07 Å². The second-order valence-corrected chi connectivity index (χ2v) is 14.9. The SMILES string of the molecule is C1=CC2c3cc(-c4ccc5c(c4)c4ccccc4n5-c4ccccc4)ccc3N(c3ccc4c(ccc5ccc6c(c54)OC(c4ccccc4)N6)c3)C2C=C1. The van der Waals surface area contributed by atoms with Crippen molar-refractivity contribution in [3.63, 3.8) is 0 Å². The van der Waals surface area contributed by atoms with Gasteiger partial charge in [-0.25, -0.2) is 0 Å². The van der Waals surface area contributed by atoms with E-state index in [2.05, 4.69) is 197 Å². The normalized spacial score (nSPS) is 18.1. The van der Waals surface area contributed by atoms with Crippen LogP contribution in [-0.4, -0.2) is 10.6 Å². The van der Waals surface area contributed by atoms with Crippen LogP contribution in [0.15, 0.2) is 188 Å². The molecule has 0 fully saturated rings. The van der Waals surface area contributed by atoms with E-state index in [4.69, 9.17) is 4.74 Å². The van der Waals surface area contributed by atoms with Crippen LogP contribution in [0.25, 0.3) is 60.2 Å². The number of hydrogen-bond acceptors (Lipinski definition) is 3. The highest BCUT2D eigenvalue weighted by molar-refractivity contribution is 6.14. The first-order chi connectivity index (χ1) is 27.3. The third kappa shape index (κ3) is 4.58. The second kappa shape index (κ2) is 11.7. The molecule has 2 aliphatic heterocycles. The number of hydrogen-bond donors (Lipinski definition) is 1. The monoisotopic (exact) mass is 705 g/mol. The van der Waals surface area contributed by atoms with Crippen LogP contribution in [0.1, 0.15) is 23.3 Å². The number of aromatic nitrogens is 1. The summed E-state index contributed by atoms with van der Waals surface area (Å²) in [5.74, 6) is 1.18. The van der Waals surface area contributed by atoms with Crippen molar-refractivity contribution in [2.75, 3.05) is 10.2 Å². The summed E-state index contributed by atoms with van der Waals surface area (Å²) in [5.41, 5.74) is 12.0. The minimum atomic E-state index is -0.206. The van der Waals surface area contributed by atoms with Gasteiger partial charge in [0.2, 0.25) is 0 Å². The van der Waals surface area contributed by atoms with Gasteiger partial charge in [0.1, 0.15) is 0 Å². The van der Waals surface area contributed by atoms with Crippen molar-refractivity contribution in [3.8, 4) is 22.6 Å². The highest BCUT2D eigenvalue weighted by Crippen LogP contribution is 2.51. The van der Waals surface area contributed by atoms with Crippen LogP contribution in [0, 0.1) is 0 Å². The van der Waals surface area contributed by atoms with E-state index < -0.39 is 0 Å². The van der Waals surface area contributed by atoms with Crippen molar-refractivity contribution >= 4 is 60.4 Å². The first kappa shape index (κ1) is 30.4. The fraction of sp³-hybridized carbons (Fsp3) is 0.0588. The fourth-order valence-corrected chi connectivity index (χ4v) is 9.39. The Hall–Kier alpha value is -7.04. The summed E-state index contributed by atoms with van der Waals surface area (Å²) >= 11 is 0. The number of benzene rings is 8. The van der Waals surface area contributed by atoms with Crippen molar-refractivity contribution in [2.45, 2.75) is 18.2 Å². The highest BCUT2D eigenvalue weighted by Gasteiger charge is 2.38. The van der Waals surface area contributed by atoms with Crippen molar-refractivity contribution in [2.24, 2.45) is 0 Å². The third-order valence-corrected chi connectivity index (χ3v) is 11.9. The minimum Gasteiger partial charge on any atom is -0.464 e. The van der Waals surface area contributed by atoms with E-state index in [0.29, 0.717) is 0 Å². The molecule has 3 heterocycles. The zero-order chi connectivity index (χ0) is 36.0. The smallest absolute Gasteiger partial charge is 0.196 e. The number of rotatable bonds is 4. The predicted molar refractivity (Wildman–Crippen MR) is 228 cm³/mol. The maximum atomic E-state index is 6.64. The van der Waals surface area contributed by atoms with E-state index in [-0.39, 0.29) is 18.2 Å². The molecule has 4 nitrogen and oxygen atoms in total. The van der Waals surface area contributed by atoms with Crippen LogP contribution in [0.5, 0.6) is 5.75 Å². The molecule has 0 saturated heterocycles. The highest BCUT2D eigenvalue weighted by atomic mass is 16.5. The Morgan fingerprint density at radius 2 is 1.27 bits per heavy atom. The average Bonchev–Trinajstić information content (AvgIpc) is 3.94. The summed E-state index contributed by atoms with van der Waals surface area (Å²) in [5, 5.41) is 10.9. The molecule has 0 saturated carbocycles. The van der Waals surface area contributed by atoms with Gasteiger partial charge < -0.3 is 19.5 Å². The molecule has 55 heavy (non-hydrogen) atoms. The summed E-state index contributed by atoms with van der Waals surface area (Å²) in [6.45, 7) is 0. The van der Waals surface area contributed by atoms with Gasteiger partial charge in [-0.2, -0.15) is 0 Å². The Morgan fingerprint density at radius 1 is 0.527 bits per heavy atom. The molecule has 3 unspecified atom stereocenters. The van der Waals surface area contributed by atoms with Crippen LogP contribution >= 0.6 is 0 Å². The van der Waals surface area contributed by atoms with Crippen LogP contribution < -0.4 is 15.0 Å². The number of fused-ring (bicyclic) bond motifs is 11. The number of para-hydroxylation sites is 2. The third-order valence-electron chi connectivity index (χ3n) is 11.9. The van der Waals surface area contributed by atoms with Gasteiger partial charge in [0.05, 0.1) is 22.8 Å². The van der Waals surface area contributed by atoms with Gasteiger partial charge >= 0.3 is 0 Å². The number of allylic oxidation sites excluding steroid dienone is 2. The number of ether oxygens (including phenoxy) is 1. The van der Waals surface area contributed by atoms with Crippen LogP contribution in [0.4, 0.5) is 17.1 Å². The van der Waals surface area contributed by atoms with Crippen molar-refractivity contribution in [1.29, 1.82) is 0 Å². The van der Waals surface area contributed by atoms with E-state index in [1.54, 1.807) is 0 Å². The Labute approximate surface area is 318 Å². The maximum Gasteiger partial charge on any atom is 0.196 e. The van der Waals surface area contributed by atoms with Gasteiger partial charge in [0, 0.05) is 44.7 Å². The minimum absolute atomic E-state index is 0.197. The molecule has 3 atom stereocenters. The van der Waals surface area contributed by atoms with Crippen molar-refractivity contribution in [1.82, 2.24) is 4.57 Å². The first-order valence-electron chi connectivity index (χ1n) is 19.1. The molecule has 0 amide bonds. The summed E-state index contributed by atoms with van der Waals surface area (Å²) in [6, 6.07) is 59.8. The quantitative estimate of drug-likeness (QED) is 0.185. The molecule has 8 aromatic carbocycles. The molecule has 9 aromatic rings. The first-order valence-corrected chi connectivity index (χ1v) is 19.1. The molecule has 12 rings (SSSR count). The van der Waals surface area contributed by atoms with Crippen LogP contribution in [-0.2, 0) is 0 Å². The molecule has 1 aromatic heterocycles. The molecule has 0 bridgehead atoms. The van der Waals surface area contributed by atoms with E-state index >= 15 is 0 Å². The Kier molecular flexibility index (Phi) is 6.49. The predicted octanol–water partition coefficient (Wildman–Crippen LogP) is 13.0. The van der Waals surface area contributed by atoms with Crippen molar-refractivity contribution in [3.05, 3.63) is 199 Å². The van der Waals surface area contributed by atoms with Gasteiger partial charge in [0.25, 0.3) is 0 Å². The lowest BCUT2D eigenvalue weighted by atomic mass is 9.89. The van der Waals surface area contributed by atoms with Gasteiger partial charge in [-0.05, 0) is 93.5 Å². The van der Waals surface area contributed by atoms with Gasteiger partial charge in [-0.3, -0.25) is 0 Å². The Bertz CT molecular complexity index is 3070. The zero-order valence-electron chi connectivity index (χ0n) is 29.9. The molecule has 1 aliphatic carbocycles. The summed E-state index contributed by atoms with van der Waals surface area (Å²) in [7, 11) is 0. The molecule has 260 valence electrons. The largest absolute Gasteiger partial charge is 0.464 e. The van der Waals surface area contributed by atoms with E-state index in [0.717, 1.165) is 22.4 Å². The lowest BCUT2D eigenvalue weighted by molar-refractivity contribution is 0.263. The van der Waals surface area contributed by atoms with E-state index in [1.165, 1.54) is 71.7 Å². The molecule has 1 N–H and O–H groups in total. The number of anilines is 3.